The van der Waals surface area contributed by atoms with Gasteiger partial charge < -0.3 is 10.1 Å². The Morgan fingerprint density at radius 3 is 2.62 bits per heavy atom. The molecular formula is C13H17NO2. The van der Waals surface area contributed by atoms with Gasteiger partial charge in [0.2, 0.25) is 5.91 Å². The fourth-order valence-corrected chi connectivity index (χ4v) is 1.67. The molecule has 0 aliphatic heterocycles. The summed E-state index contributed by atoms with van der Waals surface area (Å²) in [5, 5.41) is 2.86. The van der Waals surface area contributed by atoms with E-state index >= 15 is 0 Å². The second kappa shape index (κ2) is 4.84. The van der Waals surface area contributed by atoms with Crippen LogP contribution in [0.4, 0.5) is 0 Å². The van der Waals surface area contributed by atoms with E-state index in [4.69, 9.17) is 4.74 Å². The number of ether oxygens (including phenoxy) is 1. The Bertz CT molecular complexity index is 401. The van der Waals surface area contributed by atoms with Crippen LogP contribution in [0.15, 0.2) is 36.9 Å². The topological polar surface area (TPSA) is 38.3 Å². The monoisotopic (exact) mass is 219 g/mol. The highest BCUT2D eigenvalue weighted by molar-refractivity contribution is 5.74. The second-order valence-corrected chi connectivity index (χ2v) is 3.79. The number of rotatable bonds is 4. The average Bonchev–Trinajstić information content (AvgIpc) is 2.28. The van der Waals surface area contributed by atoms with Crippen molar-refractivity contribution in [2.45, 2.75) is 19.4 Å². The van der Waals surface area contributed by atoms with Crippen LogP contribution in [-0.2, 0) is 10.3 Å². The summed E-state index contributed by atoms with van der Waals surface area (Å²) >= 11 is 0. The molecule has 0 spiro atoms. The Kier molecular flexibility index (Phi) is 3.72. The Labute approximate surface area is 96.1 Å². The summed E-state index contributed by atoms with van der Waals surface area (Å²) in [6, 6.07) is 7.57. The van der Waals surface area contributed by atoms with Crippen LogP contribution in [0.1, 0.15) is 19.4 Å². The van der Waals surface area contributed by atoms with E-state index in [1.165, 1.54) is 6.92 Å². The molecule has 0 aromatic heterocycles. The zero-order valence-electron chi connectivity index (χ0n) is 9.91. The van der Waals surface area contributed by atoms with Crippen LogP contribution in [0.5, 0.6) is 5.75 Å². The first-order valence-electron chi connectivity index (χ1n) is 5.09. The lowest BCUT2D eigenvalue weighted by Gasteiger charge is -2.28. The fourth-order valence-electron chi connectivity index (χ4n) is 1.67. The summed E-state index contributed by atoms with van der Waals surface area (Å²) in [6.07, 6.45) is 1.70. The van der Waals surface area contributed by atoms with Crippen molar-refractivity contribution in [3.8, 4) is 5.75 Å². The van der Waals surface area contributed by atoms with E-state index < -0.39 is 5.54 Å². The van der Waals surface area contributed by atoms with Crippen molar-refractivity contribution in [1.29, 1.82) is 0 Å². The van der Waals surface area contributed by atoms with E-state index in [2.05, 4.69) is 11.9 Å². The van der Waals surface area contributed by atoms with Crippen LogP contribution in [-0.4, -0.2) is 13.0 Å². The molecule has 0 radical (unpaired) electrons. The summed E-state index contributed by atoms with van der Waals surface area (Å²) in [5.41, 5.74) is 0.279. The summed E-state index contributed by atoms with van der Waals surface area (Å²) in [4.78, 5) is 11.2. The van der Waals surface area contributed by atoms with Crippen molar-refractivity contribution in [1.82, 2.24) is 5.32 Å². The minimum atomic E-state index is -0.613. The molecular weight excluding hydrogens is 202 g/mol. The highest BCUT2D eigenvalue weighted by Gasteiger charge is 2.26. The molecule has 1 aromatic carbocycles. The van der Waals surface area contributed by atoms with Crippen LogP contribution >= 0.6 is 0 Å². The van der Waals surface area contributed by atoms with Crippen molar-refractivity contribution >= 4 is 5.91 Å². The Morgan fingerprint density at radius 2 is 2.12 bits per heavy atom. The second-order valence-electron chi connectivity index (χ2n) is 3.79. The number of carbonyl (C=O) groups is 1. The predicted octanol–water partition coefficient (Wildman–Crippen LogP) is 2.23. The molecule has 0 heterocycles. The first kappa shape index (κ1) is 12.3. The van der Waals surface area contributed by atoms with Crippen LogP contribution in [0.2, 0.25) is 0 Å². The summed E-state index contributed by atoms with van der Waals surface area (Å²) in [6.45, 7) is 7.14. The largest absolute Gasteiger partial charge is 0.496 e. The molecule has 3 nitrogen and oxygen atoms in total. The standard InChI is InChI=1S/C13H17NO2/c1-5-13(3,14-10(2)15)11-8-6-7-9-12(11)16-4/h5-9H,1H2,2-4H3,(H,14,15). The molecule has 0 bridgehead atoms. The van der Waals surface area contributed by atoms with Crippen molar-refractivity contribution in [2.24, 2.45) is 0 Å². The number of nitrogens with one attached hydrogen (secondary N) is 1. The zero-order chi connectivity index (χ0) is 12.2. The van der Waals surface area contributed by atoms with Gasteiger partial charge in [0.15, 0.2) is 0 Å². The molecule has 1 rings (SSSR count). The van der Waals surface area contributed by atoms with E-state index in [-0.39, 0.29) is 5.91 Å². The molecule has 16 heavy (non-hydrogen) atoms. The molecule has 0 fully saturated rings. The van der Waals surface area contributed by atoms with Crippen LogP contribution < -0.4 is 10.1 Å². The van der Waals surface area contributed by atoms with Gasteiger partial charge in [-0.3, -0.25) is 4.79 Å². The summed E-state index contributed by atoms with van der Waals surface area (Å²) in [7, 11) is 1.61. The third-order valence-corrected chi connectivity index (χ3v) is 2.51. The van der Waals surface area contributed by atoms with Gasteiger partial charge in [0.1, 0.15) is 5.75 Å². The Morgan fingerprint density at radius 1 is 1.50 bits per heavy atom. The predicted molar refractivity (Wildman–Crippen MR) is 64.4 cm³/mol. The van der Waals surface area contributed by atoms with Gasteiger partial charge in [-0.2, -0.15) is 0 Å². The van der Waals surface area contributed by atoms with Gasteiger partial charge in [0.25, 0.3) is 0 Å². The molecule has 0 aliphatic rings. The lowest BCUT2D eigenvalue weighted by atomic mass is 9.91. The molecule has 1 amide bonds. The van der Waals surface area contributed by atoms with Gasteiger partial charge in [-0.25, -0.2) is 0 Å². The highest BCUT2D eigenvalue weighted by Crippen LogP contribution is 2.30. The quantitative estimate of drug-likeness (QED) is 0.789. The number of hydrogen-bond acceptors (Lipinski definition) is 2. The summed E-state index contributed by atoms with van der Waals surface area (Å²) < 4.78 is 5.28. The molecule has 0 saturated heterocycles. The van der Waals surface area contributed by atoms with E-state index in [1.54, 1.807) is 13.2 Å². The molecule has 0 aliphatic carbocycles. The lowest BCUT2D eigenvalue weighted by molar-refractivity contribution is -0.120. The minimum absolute atomic E-state index is 0.103. The van der Waals surface area contributed by atoms with Gasteiger partial charge in [0.05, 0.1) is 12.6 Å². The number of methoxy groups -OCH3 is 1. The Balaban J connectivity index is 3.21. The normalized spacial score (nSPS) is 13.7. The van der Waals surface area contributed by atoms with Crippen molar-refractivity contribution in [3.63, 3.8) is 0 Å². The van der Waals surface area contributed by atoms with E-state index in [0.29, 0.717) is 0 Å². The molecule has 86 valence electrons. The maximum Gasteiger partial charge on any atom is 0.217 e. The zero-order valence-corrected chi connectivity index (χ0v) is 9.91. The highest BCUT2D eigenvalue weighted by atomic mass is 16.5. The molecule has 1 unspecified atom stereocenters. The van der Waals surface area contributed by atoms with Gasteiger partial charge in [0, 0.05) is 12.5 Å². The third-order valence-electron chi connectivity index (χ3n) is 2.51. The third kappa shape index (κ3) is 2.42. The van der Waals surface area contributed by atoms with Gasteiger partial charge >= 0.3 is 0 Å². The van der Waals surface area contributed by atoms with Gasteiger partial charge in [-0.1, -0.05) is 24.3 Å². The first-order chi connectivity index (χ1) is 7.53. The van der Waals surface area contributed by atoms with Crippen molar-refractivity contribution in [3.05, 3.63) is 42.5 Å². The number of para-hydroxylation sites is 1. The maximum atomic E-state index is 11.2. The summed E-state index contributed by atoms with van der Waals surface area (Å²) in [5.74, 6) is 0.631. The van der Waals surface area contributed by atoms with Gasteiger partial charge in [-0.15, -0.1) is 6.58 Å². The first-order valence-corrected chi connectivity index (χ1v) is 5.09. The minimum Gasteiger partial charge on any atom is -0.496 e. The van der Waals surface area contributed by atoms with Crippen molar-refractivity contribution < 1.29 is 9.53 Å². The molecule has 0 saturated carbocycles. The SMILES string of the molecule is C=CC(C)(NC(C)=O)c1ccccc1OC. The van der Waals surface area contributed by atoms with Crippen LogP contribution in [0.3, 0.4) is 0 Å². The van der Waals surface area contributed by atoms with Crippen LogP contribution in [0, 0.1) is 0 Å². The molecule has 1 N–H and O–H groups in total. The van der Waals surface area contributed by atoms with Crippen molar-refractivity contribution in [2.75, 3.05) is 7.11 Å². The van der Waals surface area contributed by atoms with Gasteiger partial charge in [-0.05, 0) is 13.0 Å². The fraction of sp³-hybridized carbons (Fsp3) is 0.308. The van der Waals surface area contributed by atoms with E-state index in [0.717, 1.165) is 11.3 Å². The average molecular weight is 219 g/mol. The number of carbonyl (C=O) groups excluding carboxylic acids is 1. The number of amides is 1. The smallest absolute Gasteiger partial charge is 0.217 e. The van der Waals surface area contributed by atoms with Crippen LogP contribution in [0.25, 0.3) is 0 Å². The van der Waals surface area contributed by atoms with E-state index in [9.17, 15) is 4.79 Å². The maximum absolute atomic E-state index is 11.2. The molecule has 1 aromatic rings. The number of hydrogen-bond donors (Lipinski definition) is 1. The Hall–Kier alpha value is -1.77. The van der Waals surface area contributed by atoms with E-state index in [1.807, 2.05) is 31.2 Å². The molecule has 1 atom stereocenters. The number of benzene rings is 1. The lowest BCUT2D eigenvalue weighted by Crippen LogP contribution is -2.40. The molecule has 3 heteroatoms.